The number of carbonyl (C=O) groups excluding carboxylic acids is 1. The van der Waals surface area contributed by atoms with E-state index in [-0.39, 0.29) is 11.3 Å². The summed E-state index contributed by atoms with van der Waals surface area (Å²) < 4.78 is 0.964. The van der Waals surface area contributed by atoms with Crippen LogP contribution in [0.3, 0.4) is 0 Å². The van der Waals surface area contributed by atoms with Gasteiger partial charge in [-0.1, -0.05) is 23.2 Å². The molecule has 0 aromatic heterocycles. The van der Waals surface area contributed by atoms with E-state index in [1.165, 1.54) is 18.2 Å². The fraction of sp³-hybridized carbons (Fsp3) is 0. The normalized spacial score (nSPS) is 10.3. The van der Waals surface area contributed by atoms with Gasteiger partial charge in [0.25, 0.3) is 5.91 Å². The van der Waals surface area contributed by atoms with Gasteiger partial charge in [0.15, 0.2) is 0 Å². The first-order valence-corrected chi connectivity index (χ1v) is 7.06. The molecule has 0 saturated heterocycles. The van der Waals surface area contributed by atoms with Crippen molar-refractivity contribution in [2.24, 2.45) is 0 Å². The van der Waals surface area contributed by atoms with Crippen molar-refractivity contribution >= 4 is 57.4 Å². The quantitative estimate of drug-likeness (QED) is 0.717. The minimum Gasteiger partial charge on any atom is -0.507 e. The van der Waals surface area contributed by atoms with Crippen molar-refractivity contribution in [3.05, 3.63) is 55.6 Å². The Bertz CT molecular complexity index is 647. The zero-order chi connectivity index (χ0) is 14.0. The summed E-state index contributed by atoms with van der Waals surface area (Å²) in [7, 11) is 0. The number of benzene rings is 2. The molecular formula is C13H8Cl2INO2. The molecule has 0 radical (unpaired) electrons. The molecule has 0 aliphatic carbocycles. The average Bonchev–Trinajstić information content (AvgIpc) is 2.35. The topological polar surface area (TPSA) is 49.3 Å². The van der Waals surface area contributed by atoms with Gasteiger partial charge in [-0.05, 0) is 59.0 Å². The van der Waals surface area contributed by atoms with Crippen molar-refractivity contribution in [2.75, 3.05) is 5.32 Å². The highest BCUT2D eigenvalue weighted by molar-refractivity contribution is 14.1. The van der Waals surface area contributed by atoms with Crippen LogP contribution in [-0.4, -0.2) is 11.0 Å². The van der Waals surface area contributed by atoms with Gasteiger partial charge in [0.05, 0.1) is 16.3 Å². The largest absolute Gasteiger partial charge is 0.507 e. The highest BCUT2D eigenvalue weighted by atomic mass is 127. The minimum absolute atomic E-state index is 0.0992. The van der Waals surface area contributed by atoms with Gasteiger partial charge in [0.2, 0.25) is 0 Å². The van der Waals surface area contributed by atoms with E-state index in [0.717, 1.165) is 3.57 Å². The van der Waals surface area contributed by atoms with Crippen molar-refractivity contribution in [2.45, 2.75) is 0 Å². The number of rotatable bonds is 2. The minimum atomic E-state index is -0.469. The molecule has 6 heteroatoms. The van der Waals surface area contributed by atoms with Crippen LogP contribution in [0.25, 0.3) is 0 Å². The van der Waals surface area contributed by atoms with E-state index in [2.05, 4.69) is 27.9 Å². The van der Waals surface area contributed by atoms with Gasteiger partial charge in [-0.2, -0.15) is 0 Å². The number of phenolic OH excluding ortho intramolecular Hbond substituents is 1. The van der Waals surface area contributed by atoms with Crippen LogP contribution in [0, 0.1) is 3.57 Å². The van der Waals surface area contributed by atoms with Gasteiger partial charge >= 0.3 is 0 Å². The predicted molar refractivity (Wildman–Crippen MR) is 85.2 cm³/mol. The van der Waals surface area contributed by atoms with Crippen molar-refractivity contribution in [3.8, 4) is 5.75 Å². The predicted octanol–water partition coefficient (Wildman–Crippen LogP) is 4.56. The third-order valence-electron chi connectivity index (χ3n) is 2.38. The molecule has 0 saturated carbocycles. The third kappa shape index (κ3) is 3.52. The fourth-order valence-corrected chi connectivity index (χ4v) is 2.55. The van der Waals surface area contributed by atoms with Crippen molar-refractivity contribution in [1.29, 1.82) is 0 Å². The van der Waals surface area contributed by atoms with Gasteiger partial charge in [-0.15, -0.1) is 0 Å². The van der Waals surface area contributed by atoms with Crippen molar-refractivity contribution in [3.63, 3.8) is 0 Å². The third-order valence-corrected chi connectivity index (χ3v) is 3.60. The van der Waals surface area contributed by atoms with Crippen LogP contribution in [0.15, 0.2) is 36.4 Å². The lowest BCUT2D eigenvalue weighted by molar-refractivity contribution is 0.102. The Balaban J connectivity index is 2.28. The molecule has 1 amide bonds. The molecule has 0 bridgehead atoms. The Hall–Kier alpha value is -0.980. The number of hydrogen-bond donors (Lipinski definition) is 2. The number of aromatic hydroxyl groups is 1. The summed E-state index contributed by atoms with van der Waals surface area (Å²) in [6, 6.07) is 9.52. The Morgan fingerprint density at radius 2 is 1.89 bits per heavy atom. The first-order valence-electron chi connectivity index (χ1n) is 5.22. The fourth-order valence-electron chi connectivity index (χ4n) is 1.47. The second-order valence-electron chi connectivity index (χ2n) is 3.74. The molecule has 3 nitrogen and oxygen atoms in total. The highest BCUT2D eigenvalue weighted by Crippen LogP contribution is 2.26. The molecule has 2 rings (SSSR count). The summed E-state index contributed by atoms with van der Waals surface area (Å²) in [5, 5.41) is 13.1. The molecule has 2 N–H and O–H groups in total. The first kappa shape index (κ1) is 14.4. The maximum absolute atomic E-state index is 12.0. The molecule has 0 aliphatic rings. The lowest BCUT2D eigenvalue weighted by Gasteiger charge is -2.09. The maximum atomic E-state index is 12.0. The molecule has 0 fully saturated rings. The van der Waals surface area contributed by atoms with Gasteiger partial charge in [0.1, 0.15) is 5.75 Å². The molecule has 0 heterocycles. The van der Waals surface area contributed by atoms with Crippen LogP contribution in [-0.2, 0) is 0 Å². The molecule has 98 valence electrons. The molecular weight excluding hydrogens is 400 g/mol. The van der Waals surface area contributed by atoms with Gasteiger partial charge in [-0.25, -0.2) is 0 Å². The Morgan fingerprint density at radius 1 is 1.16 bits per heavy atom. The lowest BCUT2D eigenvalue weighted by Crippen LogP contribution is -2.12. The zero-order valence-corrected chi connectivity index (χ0v) is 13.1. The monoisotopic (exact) mass is 407 g/mol. The van der Waals surface area contributed by atoms with Crippen LogP contribution >= 0.6 is 45.8 Å². The Morgan fingerprint density at radius 3 is 2.58 bits per heavy atom. The van der Waals surface area contributed by atoms with Crippen LogP contribution in [0.2, 0.25) is 10.0 Å². The van der Waals surface area contributed by atoms with Crippen molar-refractivity contribution in [1.82, 2.24) is 0 Å². The smallest absolute Gasteiger partial charge is 0.259 e. The number of hydrogen-bond acceptors (Lipinski definition) is 2. The molecule has 2 aromatic rings. The number of phenols is 1. The van der Waals surface area contributed by atoms with Gasteiger partial charge in [0, 0.05) is 8.59 Å². The zero-order valence-electron chi connectivity index (χ0n) is 9.45. The van der Waals surface area contributed by atoms with Crippen LogP contribution < -0.4 is 5.32 Å². The van der Waals surface area contributed by atoms with Crippen LogP contribution in [0.4, 0.5) is 5.69 Å². The second kappa shape index (κ2) is 5.98. The summed E-state index contributed by atoms with van der Waals surface area (Å²) in [6.07, 6.45) is 0. The van der Waals surface area contributed by atoms with E-state index < -0.39 is 5.91 Å². The van der Waals surface area contributed by atoms with E-state index in [1.54, 1.807) is 12.1 Å². The molecule has 0 unspecified atom stereocenters. The summed E-state index contributed by atoms with van der Waals surface area (Å²) in [6.45, 7) is 0. The summed E-state index contributed by atoms with van der Waals surface area (Å²) in [5.41, 5.74) is 0.577. The summed E-state index contributed by atoms with van der Waals surface area (Å²) >= 11 is 13.9. The van der Waals surface area contributed by atoms with Crippen molar-refractivity contribution < 1.29 is 9.90 Å². The standard InChI is InChI=1S/C13H8Cl2INO2/c14-7-1-4-12(18)9(5-7)13(19)17-11-3-2-8(16)6-10(11)15/h1-6,18H,(H,17,19). The van der Waals surface area contributed by atoms with Crippen LogP contribution in [0.1, 0.15) is 10.4 Å². The second-order valence-corrected chi connectivity index (χ2v) is 5.83. The number of halogens is 3. The van der Waals surface area contributed by atoms with Gasteiger partial charge in [-0.3, -0.25) is 4.79 Å². The Labute approximate surface area is 133 Å². The number of carbonyl (C=O) groups is 1. The van der Waals surface area contributed by atoms with E-state index in [9.17, 15) is 9.90 Å². The maximum Gasteiger partial charge on any atom is 0.259 e. The lowest BCUT2D eigenvalue weighted by atomic mass is 10.2. The SMILES string of the molecule is O=C(Nc1ccc(I)cc1Cl)c1cc(Cl)ccc1O. The Kier molecular flexibility index (Phi) is 4.54. The average molecular weight is 408 g/mol. The molecule has 0 spiro atoms. The van der Waals surface area contributed by atoms with E-state index in [0.29, 0.717) is 15.7 Å². The first-order chi connectivity index (χ1) is 8.97. The highest BCUT2D eigenvalue weighted by Gasteiger charge is 2.13. The summed E-state index contributed by atoms with van der Waals surface area (Å²) in [5.74, 6) is -0.605. The number of anilines is 1. The molecule has 0 aliphatic heterocycles. The van der Waals surface area contributed by atoms with E-state index >= 15 is 0 Å². The molecule has 2 aromatic carbocycles. The molecule has 19 heavy (non-hydrogen) atoms. The number of nitrogens with one attached hydrogen (secondary N) is 1. The summed E-state index contributed by atoms with van der Waals surface area (Å²) in [4.78, 5) is 12.0. The van der Waals surface area contributed by atoms with Crippen LogP contribution in [0.5, 0.6) is 5.75 Å². The van der Waals surface area contributed by atoms with E-state index in [1.807, 2.05) is 6.07 Å². The molecule has 0 atom stereocenters. The van der Waals surface area contributed by atoms with E-state index in [4.69, 9.17) is 23.2 Å². The van der Waals surface area contributed by atoms with Gasteiger partial charge < -0.3 is 10.4 Å². The number of amides is 1.